The number of nitrogens with one attached hydrogen (secondary N) is 1. The lowest BCUT2D eigenvalue weighted by Gasteiger charge is -2.11. The fourth-order valence-electron chi connectivity index (χ4n) is 2.71. The van der Waals surface area contributed by atoms with Crippen LogP contribution in [0.5, 0.6) is 0 Å². The van der Waals surface area contributed by atoms with Gasteiger partial charge in [-0.2, -0.15) is 4.98 Å². The molecule has 0 spiro atoms. The zero-order valence-electron chi connectivity index (χ0n) is 13.9. The van der Waals surface area contributed by atoms with E-state index in [9.17, 15) is 0 Å². The average molecular weight is 336 g/mol. The van der Waals surface area contributed by atoms with Crippen molar-refractivity contribution in [2.75, 3.05) is 6.54 Å². The topological polar surface area (TPSA) is 73.1 Å². The standard InChI is InChI=1S/C16H24N4O2S/c1-10(2)6-15-18-9-13(23-15)8-17-7-12-4-5-14(21-12)16-19-11(3)20-22-16/h9-10,12,14,17H,4-8H2,1-3H3/t12-,14+/m1/s1. The van der Waals surface area contributed by atoms with E-state index in [0.29, 0.717) is 17.6 Å². The van der Waals surface area contributed by atoms with E-state index in [1.165, 1.54) is 9.88 Å². The maximum atomic E-state index is 5.99. The van der Waals surface area contributed by atoms with E-state index in [-0.39, 0.29) is 12.2 Å². The van der Waals surface area contributed by atoms with Crippen LogP contribution in [0.1, 0.15) is 54.4 Å². The highest BCUT2D eigenvalue weighted by Crippen LogP contribution is 2.31. The molecule has 2 aromatic heterocycles. The molecule has 3 heterocycles. The Kier molecular flexibility index (Phi) is 5.40. The second kappa shape index (κ2) is 7.51. The zero-order chi connectivity index (χ0) is 16.2. The molecule has 0 unspecified atom stereocenters. The molecule has 0 bridgehead atoms. The first kappa shape index (κ1) is 16.5. The van der Waals surface area contributed by atoms with Gasteiger partial charge in [0.1, 0.15) is 6.10 Å². The van der Waals surface area contributed by atoms with E-state index >= 15 is 0 Å². The van der Waals surface area contributed by atoms with Crippen LogP contribution < -0.4 is 5.32 Å². The van der Waals surface area contributed by atoms with Gasteiger partial charge in [0.2, 0.25) is 0 Å². The predicted molar refractivity (Wildman–Crippen MR) is 88.2 cm³/mol. The number of ether oxygens (including phenoxy) is 1. The normalized spacial score (nSPS) is 21.4. The van der Waals surface area contributed by atoms with Crippen molar-refractivity contribution in [3.63, 3.8) is 0 Å². The largest absolute Gasteiger partial charge is 0.364 e. The first-order valence-electron chi connectivity index (χ1n) is 8.20. The van der Waals surface area contributed by atoms with Gasteiger partial charge >= 0.3 is 0 Å². The fourth-order valence-corrected chi connectivity index (χ4v) is 3.82. The van der Waals surface area contributed by atoms with Crippen LogP contribution in [0.25, 0.3) is 0 Å². The number of hydrogen-bond donors (Lipinski definition) is 1. The fraction of sp³-hybridized carbons (Fsp3) is 0.688. The Morgan fingerprint density at radius 3 is 3.00 bits per heavy atom. The lowest BCUT2D eigenvalue weighted by atomic mass is 10.1. The highest BCUT2D eigenvalue weighted by atomic mass is 32.1. The van der Waals surface area contributed by atoms with Crippen LogP contribution in [0.3, 0.4) is 0 Å². The van der Waals surface area contributed by atoms with Crippen LogP contribution in [0, 0.1) is 12.8 Å². The Hall–Kier alpha value is -1.31. The lowest BCUT2D eigenvalue weighted by Crippen LogP contribution is -2.25. The van der Waals surface area contributed by atoms with Gasteiger partial charge in [0.15, 0.2) is 5.82 Å². The minimum absolute atomic E-state index is 0.0518. The predicted octanol–water partition coefficient (Wildman–Crippen LogP) is 3.04. The highest BCUT2D eigenvalue weighted by Gasteiger charge is 2.30. The molecule has 2 aromatic rings. The summed E-state index contributed by atoms with van der Waals surface area (Å²) in [5, 5.41) is 8.51. The third kappa shape index (κ3) is 4.59. The Morgan fingerprint density at radius 2 is 2.26 bits per heavy atom. The van der Waals surface area contributed by atoms with Crippen molar-refractivity contribution >= 4 is 11.3 Å². The summed E-state index contributed by atoms with van der Waals surface area (Å²) >= 11 is 1.80. The van der Waals surface area contributed by atoms with E-state index in [4.69, 9.17) is 9.26 Å². The van der Waals surface area contributed by atoms with E-state index in [2.05, 4.69) is 34.3 Å². The quantitative estimate of drug-likeness (QED) is 0.838. The molecule has 6 nitrogen and oxygen atoms in total. The van der Waals surface area contributed by atoms with Crippen molar-refractivity contribution < 1.29 is 9.26 Å². The van der Waals surface area contributed by atoms with Gasteiger partial charge in [-0.05, 0) is 25.7 Å². The maximum Gasteiger partial charge on any atom is 0.255 e. The Balaban J connectivity index is 1.40. The number of nitrogens with zero attached hydrogens (tertiary/aromatic N) is 3. The molecule has 0 aromatic carbocycles. The molecule has 0 saturated carbocycles. The van der Waals surface area contributed by atoms with Crippen LogP contribution >= 0.6 is 11.3 Å². The summed E-state index contributed by atoms with van der Waals surface area (Å²) < 4.78 is 11.2. The summed E-state index contributed by atoms with van der Waals surface area (Å²) in [7, 11) is 0. The van der Waals surface area contributed by atoms with E-state index in [1.54, 1.807) is 11.3 Å². The van der Waals surface area contributed by atoms with E-state index in [0.717, 1.165) is 32.4 Å². The molecule has 0 radical (unpaired) electrons. The second-order valence-electron chi connectivity index (χ2n) is 6.45. The lowest BCUT2D eigenvalue weighted by molar-refractivity contribution is 0.0264. The summed E-state index contributed by atoms with van der Waals surface area (Å²) in [5.74, 6) is 1.91. The molecule has 1 fully saturated rings. The van der Waals surface area contributed by atoms with Gasteiger partial charge in [0.05, 0.1) is 11.1 Å². The number of thiazole rings is 1. The van der Waals surface area contributed by atoms with Crippen molar-refractivity contribution in [3.05, 3.63) is 27.8 Å². The van der Waals surface area contributed by atoms with Gasteiger partial charge in [-0.1, -0.05) is 19.0 Å². The second-order valence-corrected chi connectivity index (χ2v) is 7.65. The summed E-state index contributed by atoms with van der Waals surface area (Å²) in [5.41, 5.74) is 0. The van der Waals surface area contributed by atoms with Crippen molar-refractivity contribution in [2.24, 2.45) is 5.92 Å². The van der Waals surface area contributed by atoms with Crippen LogP contribution in [0.4, 0.5) is 0 Å². The van der Waals surface area contributed by atoms with Crippen LogP contribution in [-0.2, 0) is 17.7 Å². The Morgan fingerprint density at radius 1 is 1.39 bits per heavy atom. The molecule has 7 heteroatoms. The van der Waals surface area contributed by atoms with Crippen molar-refractivity contribution in [1.29, 1.82) is 0 Å². The SMILES string of the molecule is Cc1noc([C@@H]2CC[C@H](CNCc3cnc(CC(C)C)s3)O2)n1. The molecule has 1 N–H and O–H groups in total. The summed E-state index contributed by atoms with van der Waals surface area (Å²) in [4.78, 5) is 10.0. The van der Waals surface area contributed by atoms with Crippen molar-refractivity contribution in [3.8, 4) is 0 Å². The molecule has 3 rings (SSSR count). The first-order valence-corrected chi connectivity index (χ1v) is 9.01. The Labute approximate surface area is 140 Å². The molecule has 23 heavy (non-hydrogen) atoms. The Bertz CT molecular complexity index is 625. The number of aromatic nitrogens is 3. The van der Waals surface area contributed by atoms with Gasteiger partial charge in [-0.3, -0.25) is 0 Å². The average Bonchev–Trinajstić information content (AvgIpc) is 3.20. The molecule has 0 aliphatic carbocycles. The maximum absolute atomic E-state index is 5.99. The smallest absolute Gasteiger partial charge is 0.255 e. The molecular formula is C16H24N4O2S. The van der Waals surface area contributed by atoms with Gasteiger partial charge in [-0.25, -0.2) is 4.98 Å². The highest BCUT2D eigenvalue weighted by molar-refractivity contribution is 7.11. The van der Waals surface area contributed by atoms with Crippen LogP contribution in [0.15, 0.2) is 10.7 Å². The minimum Gasteiger partial charge on any atom is -0.364 e. The first-order chi connectivity index (χ1) is 11.1. The summed E-state index contributed by atoms with van der Waals surface area (Å²) in [6.45, 7) is 7.95. The molecule has 2 atom stereocenters. The monoisotopic (exact) mass is 336 g/mol. The third-order valence-corrected chi connectivity index (χ3v) is 4.80. The zero-order valence-corrected chi connectivity index (χ0v) is 14.7. The van der Waals surface area contributed by atoms with Gasteiger partial charge in [0.25, 0.3) is 5.89 Å². The van der Waals surface area contributed by atoms with Gasteiger partial charge in [0, 0.05) is 30.6 Å². The molecule has 1 aliphatic heterocycles. The number of hydrogen-bond acceptors (Lipinski definition) is 7. The molecule has 1 aliphatic rings. The third-order valence-electron chi connectivity index (χ3n) is 3.78. The van der Waals surface area contributed by atoms with Crippen molar-refractivity contribution in [2.45, 2.75) is 58.8 Å². The van der Waals surface area contributed by atoms with E-state index in [1.807, 2.05) is 13.1 Å². The molecule has 1 saturated heterocycles. The van der Waals surface area contributed by atoms with Crippen molar-refractivity contribution in [1.82, 2.24) is 20.4 Å². The van der Waals surface area contributed by atoms with Crippen LogP contribution in [-0.4, -0.2) is 27.8 Å². The number of aryl methyl sites for hydroxylation is 1. The number of rotatable bonds is 7. The molecular weight excluding hydrogens is 312 g/mol. The minimum atomic E-state index is -0.0518. The van der Waals surface area contributed by atoms with Gasteiger partial charge in [-0.15, -0.1) is 11.3 Å². The molecule has 126 valence electrons. The molecule has 0 amide bonds. The van der Waals surface area contributed by atoms with Gasteiger partial charge < -0.3 is 14.6 Å². The summed E-state index contributed by atoms with van der Waals surface area (Å²) in [6.07, 6.45) is 5.14. The van der Waals surface area contributed by atoms with Crippen LogP contribution in [0.2, 0.25) is 0 Å². The summed E-state index contributed by atoms with van der Waals surface area (Å²) in [6, 6.07) is 0. The van der Waals surface area contributed by atoms with E-state index < -0.39 is 0 Å².